The lowest BCUT2D eigenvalue weighted by Crippen LogP contribution is -2.34. The van der Waals surface area contributed by atoms with E-state index in [0.29, 0.717) is 11.1 Å². The molecule has 0 saturated carbocycles. The maximum absolute atomic E-state index is 12.4. The van der Waals surface area contributed by atoms with Gasteiger partial charge in [0.05, 0.1) is 17.3 Å². The van der Waals surface area contributed by atoms with Crippen molar-refractivity contribution in [1.29, 1.82) is 0 Å². The molecule has 1 amide bonds. The minimum atomic E-state index is -1.10. The highest BCUT2D eigenvalue weighted by Gasteiger charge is 2.26. The molecule has 0 saturated heterocycles. The SMILES string of the molecule is Cc1cccc(C(NC(=O)c2cnn(C(C)(C)C)c2)C(=O)O)c1C. The van der Waals surface area contributed by atoms with E-state index in [2.05, 4.69) is 10.4 Å². The van der Waals surface area contributed by atoms with Gasteiger partial charge in [0.25, 0.3) is 5.91 Å². The van der Waals surface area contributed by atoms with Crippen LogP contribution in [0, 0.1) is 13.8 Å². The van der Waals surface area contributed by atoms with Gasteiger partial charge in [-0.25, -0.2) is 4.79 Å². The molecule has 24 heavy (non-hydrogen) atoms. The highest BCUT2D eigenvalue weighted by molar-refractivity contribution is 5.96. The highest BCUT2D eigenvalue weighted by Crippen LogP contribution is 2.21. The Bertz CT molecular complexity index is 772. The van der Waals surface area contributed by atoms with Gasteiger partial charge < -0.3 is 10.4 Å². The molecule has 6 heteroatoms. The van der Waals surface area contributed by atoms with Crippen LogP contribution in [0.15, 0.2) is 30.6 Å². The number of hydrogen-bond donors (Lipinski definition) is 2. The lowest BCUT2D eigenvalue weighted by atomic mass is 9.97. The zero-order valence-electron chi connectivity index (χ0n) is 14.6. The summed E-state index contributed by atoms with van der Waals surface area (Å²) in [7, 11) is 0. The first-order valence-electron chi connectivity index (χ1n) is 7.76. The maximum Gasteiger partial charge on any atom is 0.330 e. The molecule has 128 valence electrons. The van der Waals surface area contributed by atoms with E-state index in [9.17, 15) is 14.7 Å². The first-order valence-corrected chi connectivity index (χ1v) is 7.76. The molecule has 6 nitrogen and oxygen atoms in total. The average Bonchev–Trinajstić information content (AvgIpc) is 2.97. The normalized spacial score (nSPS) is 12.7. The summed E-state index contributed by atoms with van der Waals surface area (Å²) < 4.78 is 1.68. The van der Waals surface area contributed by atoms with Gasteiger partial charge in [0.2, 0.25) is 0 Å². The smallest absolute Gasteiger partial charge is 0.330 e. The maximum atomic E-state index is 12.4. The number of carboxylic acid groups (broad SMARTS) is 1. The summed E-state index contributed by atoms with van der Waals surface area (Å²) in [5.74, 6) is -1.56. The van der Waals surface area contributed by atoms with Crippen LogP contribution in [-0.2, 0) is 10.3 Å². The van der Waals surface area contributed by atoms with Crippen LogP contribution in [0.3, 0.4) is 0 Å². The third-order valence-corrected chi connectivity index (χ3v) is 4.01. The molecule has 0 aliphatic carbocycles. The first-order chi connectivity index (χ1) is 11.1. The number of nitrogens with zero attached hydrogens (tertiary/aromatic N) is 2. The zero-order chi connectivity index (χ0) is 18.1. The van der Waals surface area contributed by atoms with Gasteiger partial charge in [-0.05, 0) is 51.3 Å². The minimum absolute atomic E-state index is 0.252. The second-order valence-corrected chi connectivity index (χ2v) is 6.88. The lowest BCUT2D eigenvalue weighted by Gasteiger charge is -2.19. The summed E-state index contributed by atoms with van der Waals surface area (Å²) in [6.07, 6.45) is 3.07. The lowest BCUT2D eigenvalue weighted by molar-refractivity contribution is -0.139. The summed E-state index contributed by atoms with van der Waals surface area (Å²) in [5, 5.41) is 16.3. The van der Waals surface area contributed by atoms with Crippen LogP contribution in [0.2, 0.25) is 0 Å². The van der Waals surface area contributed by atoms with Gasteiger partial charge in [0.15, 0.2) is 6.04 Å². The van der Waals surface area contributed by atoms with Crippen molar-refractivity contribution in [2.24, 2.45) is 0 Å². The average molecular weight is 329 g/mol. The highest BCUT2D eigenvalue weighted by atomic mass is 16.4. The van der Waals surface area contributed by atoms with E-state index in [-0.39, 0.29) is 5.54 Å². The molecule has 1 aromatic carbocycles. The standard InChI is InChI=1S/C18H23N3O3/c1-11-7-6-8-14(12(11)2)15(17(23)24)20-16(22)13-9-19-21(10-13)18(3,4)5/h6-10,15H,1-5H3,(H,20,22)(H,23,24). The zero-order valence-corrected chi connectivity index (χ0v) is 14.6. The molecular formula is C18H23N3O3. The summed E-state index contributed by atoms with van der Waals surface area (Å²) in [5.41, 5.74) is 2.50. The van der Waals surface area contributed by atoms with Gasteiger partial charge in [-0.2, -0.15) is 5.10 Å². The van der Waals surface area contributed by atoms with E-state index in [1.165, 1.54) is 6.20 Å². The molecule has 2 aromatic rings. The second-order valence-electron chi connectivity index (χ2n) is 6.88. The van der Waals surface area contributed by atoms with Crippen LogP contribution < -0.4 is 5.32 Å². The van der Waals surface area contributed by atoms with Crippen molar-refractivity contribution in [3.8, 4) is 0 Å². The Morgan fingerprint density at radius 1 is 1.25 bits per heavy atom. The number of carbonyl (C=O) groups is 2. The van der Waals surface area contributed by atoms with E-state index in [1.807, 2.05) is 40.7 Å². The number of carbonyl (C=O) groups excluding carboxylic acids is 1. The third-order valence-electron chi connectivity index (χ3n) is 4.01. The number of amides is 1. The molecule has 1 atom stereocenters. The van der Waals surface area contributed by atoms with Gasteiger partial charge in [-0.3, -0.25) is 9.48 Å². The Morgan fingerprint density at radius 2 is 1.92 bits per heavy atom. The summed E-state index contributed by atoms with van der Waals surface area (Å²) in [6.45, 7) is 9.67. The fourth-order valence-electron chi connectivity index (χ4n) is 2.38. The fourth-order valence-corrected chi connectivity index (χ4v) is 2.38. The predicted molar refractivity (Wildman–Crippen MR) is 91.0 cm³/mol. The van der Waals surface area contributed by atoms with E-state index in [1.54, 1.807) is 23.0 Å². The number of aromatic nitrogens is 2. The Labute approximate surface area is 141 Å². The number of nitrogens with one attached hydrogen (secondary N) is 1. The number of aliphatic carboxylic acids is 1. The van der Waals surface area contributed by atoms with Gasteiger partial charge in [-0.15, -0.1) is 0 Å². The molecule has 1 heterocycles. The monoisotopic (exact) mass is 329 g/mol. The van der Waals surface area contributed by atoms with E-state index >= 15 is 0 Å². The van der Waals surface area contributed by atoms with Crippen LogP contribution in [0.25, 0.3) is 0 Å². The minimum Gasteiger partial charge on any atom is -0.479 e. The first kappa shape index (κ1) is 17.7. The van der Waals surface area contributed by atoms with Gasteiger partial charge in [0.1, 0.15) is 0 Å². The van der Waals surface area contributed by atoms with Crippen molar-refractivity contribution >= 4 is 11.9 Å². The van der Waals surface area contributed by atoms with Crippen molar-refractivity contribution in [3.05, 3.63) is 52.8 Å². The van der Waals surface area contributed by atoms with Crippen molar-refractivity contribution < 1.29 is 14.7 Å². The number of hydrogen-bond acceptors (Lipinski definition) is 3. The summed E-state index contributed by atoms with van der Waals surface area (Å²) in [6, 6.07) is 4.32. The van der Waals surface area contributed by atoms with E-state index < -0.39 is 17.9 Å². The summed E-state index contributed by atoms with van der Waals surface area (Å²) >= 11 is 0. The molecular weight excluding hydrogens is 306 g/mol. The van der Waals surface area contributed by atoms with Crippen molar-refractivity contribution in [1.82, 2.24) is 15.1 Å². The molecule has 0 bridgehead atoms. The Morgan fingerprint density at radius 3 is 2.46 bits per heavy atom. The molecule has 0 aliphatic heterocycles. The number of carboxylic acids is 1. The van der Waals surface area contributed by atoms with Crippen LogP contribution in [0.4, 0.5) is 0 Å². The van der Waals surface area contributed by atoms with Crippen LogP contribution in [0.5, 0.6) is 0 Å². The topological polar surface area (TPSA) is 84.2 Å². The molecule has 0 aliphatic rings. The molecule has 0 radical (unpaired) electrons. The Kier molecular flexibility index (Phi) is 4.78. The number of aryl methyl sites for hydroxylation is 1. The number of benzene rings is 1. The predicted octanol–water partition coefficient (Wildman–Crippen LogP) is 2.81. The quantitative estimate of drug-likeness (QED) is 0.903. The van der Waals surface area contributed by atoms with Crippen LogP contribution in [0.1, 0.15) is 53.9 Å². The molecule has 0 spiro atoms. The molecule has 2 N–H and O–H groups in total. The van der Waals surface area contributed by atoms with Gasteiger partial charge in [-0.1, -0.05) is 18.2 Å². The van der Waals surface area contributed by atoms with Crippen molar-refractivity contribution in [3.63, 3.8) is 0 Å². The van der Waals surface area contributed by atoms with E-state index in [4.69, 9.17) is 0 Å². The molecule has 1 aromatic heterocycles. The van der Waals surface area contributed by atoms with Crippen molar-refractivity contribution in [2.45, 2.75) is 46.2 Å². The second kappa shape index (κ2) is 6.47. The third kappa shape index (κ3) is 3.64. The van der Waals surface area contributed by atoms with E-state index in [0.717, 1.165) is 11.1 Å². The largest absolute Gasteiger partial charge is 0.479 e. The van der Waals surface area contributed by atoms with Gasteiger partial charge in [0, 0.05) is 6.20 Å². The van der Waals surface area contributed by atoms with Crippen LogP contribution >= 0.6 is 0 Å². The number of rotatable bonds is 4. The molecule has 0 fully saturated rings. The fraction of sp³-hybridized carbons (Fsp3) is 0.389. The Hall–Kier alpha value is -2.63. The summed E-state index contributed by atoms with van der Waals surface area (Å²) in [4.78, 5) is 24.1. The van der Waals surface area contributed by atoms with Gasteiger partial charge >= 0.3 is 5.97 Å². The van der Waals surface area contributed by atoms with Crippen molar-refractivity contribution in [2.75, 3.05) is 0 Å². The molecule has 1 unspecified atom stereocenters. The van der Waals surface area contributed by atoms with Crippen LogP contribution in [-0.4, -0.2) is 26.8 Å². The molecule has 2 rings (SSSR count). The Balaban J connectivity index is 2.28.